The summed E-state index contributed by atoms with van der Waals surface area (Å²) in [7, 11) is 0. The number of nitrogens with zero attached hydrogens (tertiary/aromatic N) is 1. The molecule has 8 nitrogen and oxygen atoms in total. The van der Waals surface area contributed by atoms with Crippen molar-refractivity contribution in [2.24, 2.45) is 0 Å². The first-order valence-corrected chi connectivity index (χ1v) is 13.6. The van der Waals surface area contributed by atoms with E-state index in [-0.39, 0.29) is 30.4 Å². The van der Waals surface area contributed by atoms with E-state index in [0.717, 1.165) is 22.4 Å². The van der Waals surface area contributed by atoms with Crippen LogP contribution in [0.15, 0.2) is 53.2 Å². The van der Waals surface area contributed by atoms with Gasteiger partial charge in [0.05, 0.1) is 17.2 Å². The molecule has 0 aromatic heterocycles. The molecule has 0 spiro atoms. The van der Waals surface area contributed by atoms with Gasteiger partial charge in [-0.1, -0.05) is 28.6 Å². The number of carboxylic acid groups (broad SMARTS) is 2. The van der Waals surface area contributed by atoms with Gasteiger partial charge in [0.1, 0.15) is 30.4 Å². The Morgan fingerprint density at radius 3 is 2.33 bits per heavy atom. The zero-order chi connectivity index (χ0) is 28.8. The Labute approximate surface area is 235 Å². The number of benzene rings is 1. The number of carbonyl (C=O) groups is 2. The van der Waals surface area contributed by atoms with Gasteiger partial charge in [-0.2, -0.15) is 4.94 Å². The molecule has 11 heteroatoms. The van der Waals surface area contributed by atoms with Crippen molar-refractivity contribution in [3.8, 4) is 5.75 Å². The molecule has 0 bridgehead atoms. The third kappa shape index (κ3) is 11.9. The highest BCUT2D eigenvalue weighted by molar-refractivity contribution is 9.11. The number of aromatic carboxylic acids is 2. The molecule has 1 aliphatic heterocycles. The van der Waals surface area contributed by atoms with Crippen molar-refractivity contribution in [3.63, 3.8) is 0 Å². The van der Waals surface area contributed by atoms with Gasteiger partial charge in [-0.25, -0.2) is 14.0 Å². The zero-order valence-corrected chi connectivity index (χ0v) is 23.6. The summed E-state index contributed by atoms with van der Waals surface area (Å²) < 4.78 is 37.9. The minimum absolute atomic E-state index is 0.0935. The topological polar surface area (TPSA) is 106 Å². The SMILES string of the molecule is C=C(/C=C\C(Br)=C/C)OC1CCC1.O=C(O)c1ccc(OCC(F)CCN2CCC(OF)CC2)cc1C(=O)O. The highest BCUT2D eigenvalue weighted by atomic mass is 79.9. The Balaban J connectivity index is 0.000000344. The van der Waals surface area contributed by atoms with Crippen LogP contribution in [-0.4, -0.2) is 71.7 Å². The van der Waals surface area contributed by atoms with Crippen LogP contribution < -0.4 is 4.74 Å². The smallest absolute Gasteiger partial charge is 0.336 e. The molecule has 2 aliphatic rings. The maximum Gasteiger partial charge on any atom is 0.336 e. The van der Waals surface area contributed by atoms with E-state index in [9.17, 15) is 18.5 Å². The number of ether oxygens (including phenoxy) is 2. The van der Waals surface area contributed by atoms with E-state index in [1.54, 1.807) is 0 Å². The molecule has 1 saturated carbocycles. The number of piperidine rings is 1. The van der Waals surface area contributed by atoms with Gasteiger partial charge < -0.3 is 24.6 Å². The minimum Gasteiger partial charge on any atom is -0.491 e. The Morgan fingerprint density at radius 1 is 1.13 bits per heavy atom. The van der Waals surface area contributed by atoms with Crippen LogP contribution in [0.1, 0.15) is 66.2 Å². The van der Waals surface area contributed by atoms with Crippen molar-refractivity contribution in [3.05, 3.63) is 64.4 Å². The number of alkyl halides is 1. The molecule has 1 atom stereocenters. The van der Waals surface area contributed by atoms with Crippen molar-refractivity contribution in [2.75, 3.05) is 26.2 Å². The van der Waals surface area contributed by atoms with Crippen molar-refractivity contribution in [2.45, 2.75) is 63.8 Å². The van der Waals surface area contributed by atoms with E-state index < -0.39 is 23.7 Å². The normalized spacial score (nSPS) is 17.6. The molecule has 1 aromatic rings. The molecule has 1 heterocycles. The Kier molecular flexibility index (Phi) is 14.2. The summed E-state index contributed by atoms with van der Waals surface area (Å²) in [5.74, 6) is -1.91. The molecule has 1 aromatic carbocycles. The second kappa shape index (κ2) is 17.0. The standard InChI is InChI=1S/C17H21F2NO6.C11H15BrO/c18-11(3-6-20-7-4-12(26-19)5-8-20)10-25-13-1-2-14(16(21)22)15(9-13)17(23)24;1-3-10(12)8-7-9(2)13-11-5-4-6-11/h1-2,9,11-12H,3-8,10H2,(H,21,22)(H,23,24);3,7-8,11H,2,4-6H2,1H3/b;8-7-,10-3+. The molecule has 1 aliphatic carbocycles. The maximum absolute atomic E-state index is 14.0. The van der Waals surface area contributed by atoms with E-state index >= 15 is 0 Å². The number of hydrogen-bond donors (Lipinski definition) is 2. The predicted molar refractivity (Wildman–Crippen MR) is 147 cm³/mol. The first-order chi connectivity index (χ1) is 18.6. The van der Waals surface area contributed by atoms with E-state index in [0.29, 0.717) is 38.6 Å². The minimum atomic E-state index is -1.40. The largest absolute Gasteiger partial charge is 0.491 e. The average molecular weight is 616 g/mol. The van der Waals surface area contributed by atoms with Gasteiger partial charge in [0, 0.05) is 24.1 Å². The monoisotopic (exact) mass is 615 g/mol. The van der Waals surface area contributed by atoms with Crippen LogP contribution in [-0.2, 0) is 9.68 Å². The molecular formula is C28H36BrF2NO7. The Morgan fingerprint density at radius 2 is 1.79 bits per heavy atom. The summed E-state index contributed by atoms with van der Waals surface area (Å²) >= 11 is 3.38. The molecule has 1 saturated heterocycles. The summed E-state index contributed by atoms with van der Waals surface area (Å²) in [4.78, 5) is 27.9. The first-order valence-electron chi connectivity index (χ1n) is 12.9. The van der Waals surface area contributed by atoms with Crippen molar-refractivity contribution >= 4 is 27.9 Å². The van der Waals surface area contributed by atoms with E-state index in [1.807, 2.05) is 30.1 Å². The van der Waals surface area contributed by atoms with Crippen LogP contribution in [0.3, 0.4) is 0 Å². The Bertz CT molecular complexity index is 1020. The summed E-state index contributed by atoms with van der Waals surface area (Å²) in [5, 5.41) is 18.0. The van der Waals surface area contributed by atoms with Gasteiger partial charge >= 0.3 is 11.9 Å². The molecule has 0 amide bonds. The fraction of sp³-hybridized carbons (Fsp3) is 0.500. The van der Waals surface area contributed by atoms with E-state index in [4.69, 9.17) is 19.7 Å². The number of halogens is 3. The average Bonchev–Trinajstić information content (AvgIpc) is 2.91. The van der Waals surface area contributed by atoms with Crippen LogP contribution in [0.4, 0.5) is 8.92 Å². The van der Waals surface area contributed by atoms with Crippen LogP contribution in [0.2, 0.25) is 0 Å². The highest BCUT2D eigenvalue weighted by Crippen LogP contribution is 2.24. The molecule has 216 valence electrons. The maximum atomic E-state index is 14.0. The Hall–Kier alpha value is -2.76. The molecule has 2 fully saturated rings. The quantitative estimate of drug-likeness (QED) is 0.192. The predicted octanol–water partition coefficient (Wildman–Crippen LogP) is 6.48. The second-order valence-corrected chi connectivity index (χ2v) is 10.2. The van der Waals surface area contributed by atoms with Gasteiger partial charge in [0.15, 0.2) is 0 Å². The second-order valence-electron chi connectivity index (χ2n) is 9.29. The van der Waals surface area contributed by atoms with Crippen molar-refractivity contribution in [1.29, 1.82) is 0 Å². The van der Waals surface area contributed by atoms with Gasteiger partial charge in [0.2, 0.25) is 0 Å². The van der Waals surface area contributed by atoms with Gasteiger partial charge in [-0.15, -0.1) is 0 Å². The van der Waals surface area contributed by atoms with Crippen molar-refractivity contribution < 1.29 is 43.1 Å². The summed E-state index contributed by atoms with van der Waals surface area (Å²) in [6.45, 7) is 7.31. The molecular weight excluding hydrogens is 580 g/mol. The van der Waals surface area contributed by atoms with Crippen LogP contribution >= 0.6 is 15.9 Å². The highest BCUT2D eigenvalue weighted by Gasteiger charge is 2.22. The molecule has 0 radical (unpaired) electrons. The summed E-state index contributed by atoms with van der Waals surface area (Å²) in [5.41, 5.74) is -0.773. The van der Waals surface area contributed by atoms with Crippen molar-refractivity contribution in [1.82, 2.24) is 4.90 Å². The number of hydrogen-bond acceptors (Lipinski definition) is 6. The number of allylic oxidation sites excluding steroid dienone is 4. The molecule has 1 unspecified atom stereocenters. The molecule has 3 rings (SSSR count). The van der Waals surface area contributed by atoms with Gasteiger partial charge in [-0.05, 0) is 80.3 Å². The lowest BCUT2D eigenvalue weighted by Gasteiger charge is -2.30. The lowest BCUT2D eigenvalue weighted by Crippen LogP contribution is -2.37. The van der Waals surface area contributed by atoms with Crippen LogP contribution in [0, 0.1) is 0 Å². The van der Waals surface area contributed by atoms with Gasteiger partial charge in [0.25, 0.3) is 0 Å². The lowest BCUT2D eigenvalue weighted by atomic mass is 9.96. The van der Waals surface area contributed by atoms with E-state index in [1.165, 1.54) is 25.3 Å². The molecule has 39 heavy (non-hydrogen) atoms. The summed E-state index contributed by atoms with van der Waals surface area (Å²) in [6, 6.07) is 3.48. The van der Waals surface area contributed by atoms with Crippen LogP contribution in [0.25, 0.3) is 0 Å². The summed E-state index contributed by atoms with van der Waals surface area (Å²) in [6.07, 6.45) is 9.59. The zero-order valence-electron chi connectivity index (χ0n) is 22.0. The third-order valence-electron chi connectivity index (χ3n) is 6.38. The van der Waals surface area contributed by atoms with E-state index in [2.05, 4.69) is 27.5 Å². The number of rotatable bonds is 13. The van der Waals surface area contributed by atoms with Crippen LogP contribution in [0.5, 0.6) is 5.75 Å². The third-order valence-corrected chi connectivity index (χ3v) is 7.10. The lowest BCUT2D eigenvalue weighted by molar-refractivity contribution is -0.191. The fourth-order valence-electron chi connectivity index (χ4n) is 3.80. The number of likely N-dealkylation sites (tertiary alicyclic amines) is 1. The molecule has 2 N–H and O–H groups in total. The first kappa shape index (κ1) is 32.5. The van der Waals surface area contributed by atoms with Gasteiger partial charge in [-0.3, -0.25) is 0 Å². The fourth-order valence-corrected chi connectivity index (χ4v) is 3.93. The number of carboxylic acids is 2.